The van der Waals surface area contributed by atoms with E-state index in [1.807, 2.05) is 0 Å². The first-order valence-corrected chi connectivity index (χ1v) is 4.04. The molecule has 1 aromatic rings. The zero-order chi connectivity index (χ0) is 11.5. The number of nitrogens with two attached hydrogens (primary N) is 1. The molecule has 1 rings (SSSR count). The van der Waals surface area contributed by atoms with Gasteiger partial charge in [0.05, 0.1) is 5.56 Å². The van der Waals surface area contributed by atoms with Crippen LogP contribution in [0.1, 0.15) is 11.1 Å². The Bertz CT molecular complexity index is 379. The van der Waals surface area contributed by atoms with Crippen LogP contribution >= 0.6 is 0 Å². The number of amides is 1. The van der Waals surface area contributed by atoms with E-state index in [0.717, 1.165) is 18.2 Å². The maximum Gasteiger partial charge on any atom is 0.416 e. The Morgan fingerprint density at radius 2 is 1.73 bits per heavy atom. The summed E-state index contributed by atoms with van der Waals surface area (Å²) in [7, 11) is 0. The number of halogens is 3. The summed E-state index contributed by atoms with van der Waals surface area (Å²) in [5, 5.41) is 0. The van der Waals surface area contributed by atoms with Crippen LogP contribution in [0.2, 0.25) is 0 Å². The van der Waals surface area contributed by atoms with E-state index in [1.165, 1.54) is 18.2 Å². The maximum absolute atomic E-state index is 12.1. The lowest BCUT2D eigenvalue weighted by Crippen LogP contribution is -2.05. The van der Waals surface area contributed by atoms with E-state index >= 15 is 0 Å². The average molecular weight is 215 g/mol. The second kappa shape index (κ2) is 4.16. The van der Waals surface area contributed by atoms with E-state index in [1.54, 1.807) is 0 Å². The molecule has 0 fully saturated rings. The molecule has 0 radical (unpaired) electrons. The lowest BCUT2D eigenvalue weighted by atomic mass is 10.1. The minimum absolute atomic E-state index is 0.488. The highest BCUT2D eigenvalue weighted by molar-refractivity contribution is 5.90. The van der Waals surface area contributed by atoms with Gasteiger partial charge in [0, 0.05) is 6.08 Å². The predicted molar refractivity (Wildman–Crippen MR) is 49.7 cm³/mol. The predicted octanol–water partition coefficient (Wildman–Crippen LogP) is 2.20. The second-order valence-corrected chi connectivity index (χ2v) is 2.86. The molecule has 0 aliphatic rings. The van der Waals surface area contributed by atoms with E-state index in [0.29, 0.717) is 5.56 Å². The van der Waals surface area contributed by atoms with Crippen molar-refractivity contribution in [2.75, 3.05) is 0 Å². The lowest BCUT2D eigenvalue weighted by molar-refractivity contribution is -0.137. The number of rotatable bonds is 2. The number of benzene rings is 1. The van der Waals surface area contributed by atoms with Gasteiger partial charge in [0.25, 0.3) is 0 Å². The van der Waals surface area contributed by atoms with Gasteiger partial charge in [-0.15, -0.1) is 0 Å². The largest absolute Gasteiger partial charge is 0.416 e. The molecule has 0 aliphatic carbocycles. The van der Waals surface area contributed by atoms with Crippen molar-refractivity contribution in [1.29, 1.82) is 0 Å². The van der Waals surface area contributed by atoms with E-state index in [2.05, 4.69) is 0 Å². The minimum atomic E-state index is -4.34. The first-order valence-electron chi connectivity index (χ1n) is 4.04. The number of primary amides is 1. The summed E-state index contributed by atoms with van der Waals surface area (Å²) in [6, 6.07) is 4.42. The van der Waals surface area contributed by atoms with Gasteiger partial charge >= 0.3 is 6.18 Å². The maximum atomic E-state index is 12.1. The van der Waals surface area contributed by atoms with E-state index < -0.39 is 17.6 Å². The van der Waals surface area contributed by atoms with Crippen LogP contribution in [0.4, 0.5) is 13.2 Å². The third-order valence-corrected chi connectivity index (χ3v) is 1.68. The molecule has 0 saturated carbocycles. The molecule has 1 aromatic carbocycles. The van der Waals surface area contributed by atoms with Crippen LogP contribution in [0, 0.1) is 0 Å². The summed E-state index contributed by atoms with van der Waals surface area (Å²) in [4.78, 5) is 10.4. The molecule has 2 nitrogen and oxygen atoms in total. The van der Waals surface area contributed by atoms with Gasteiger partial charge in [0.1, 0.15) is 0 Å². The molecule has 0 bridgehead atoms. The summed E-state index contributed by atoms with van der Waals surface area (Å²) in [5.74, 6) is -0.644. The molecular formula is C10H8F3NO. The van der Waals surface area contributed by atoms with Crippen molar-refractivity contribution in [2.45, 2.75) is 6.18 Å². The smallest absolute Gasteiger partial charge is 0.366 e. The van der Waals surface area contributed by atoms with Gasteiger partial charge in [-0.3, -0.25) is 4.79 Å². The molecule has 2 N–H and O–H groups in total. The van der Waals surface area contributed by atoms with Crippen molar-refractivity contribution in [1.82, 2.24) is 0 Å². The molecule has 0 atom stereocenters. The Balaban J connectivity index is 2.86. The topological polar surface area (TPSA) is 43.1 Å². The summed E-state index contributed by atoms with van der Waals surface area (Å²) in [6.45, 7) is 0. The van der Waals surface area contributed by atoms with Crippen LogP contribution in [-0.4, -0.2) is 5.91 Å². The van der Waals surface area contributed by atoms with Gasteiger partial charge in [-0.25, -0.2) is 0 Å². The molecule has 0 aliphatic heterocycles. The second-order valence-electron chi connectivity index (χ2n) is 2.86. The van der Waals surface area contributed by atoms with Gasteiger partial charge in [-0.05, 0) is 23.8 Å². The van der Waals surface area contributed by atoms with E-state index in [9.17, 15) is 18.0 Å². The first kappa shape index (κ1) is 11.3. The molecule has 0 aromatic heterocycles. The zero-order valence-corrected chi connectivity index (χ0v) is 7.58. The third kappa shape index (κ3) is 3.46. The summed E-state index contributed by atoms with van der Waals surface area (Å²) in [6.07, 6.45) is -1.91. The van der Waals surface area contributed by atoms with Crippen molar-refractivity contribution in [3.8, 4) is 0 Å². The quantitative estimate of drug-likeness (QED) is 0.755. The average Bonchev–Trinajstić information content (AvgIpc) is 2.14. The number of carbonyl (C=O) groups excluding carboxylic acids is 1. The van der Waals surface area contributed by atoms with E-state index in [-0.39, 0.29) is 0 Å². The molecule has 0 unspecified atom stereocenters. The summed E-state index contributed by atoms with van der Waals surface area (Å²) >= 11 is 0. The zero-order valence-electron chi connectivity index (χ0n) is 7.58. The Morgan fingerprint density at radius 1 is 1.20 bits per heavy atom. The minimum Gasteiger partial charge on any atom is -0.366 e. The van der Waals surface area contributed by atoms with Crippen LogP contribution in [0.5, 0.6) is 0 Å². The molecule has 0 saturated heterocycles. The SMILES string of the molecule is NC(=O)/C=C\c1ccc(C(F)(F)F)cc1. The van der Waals surface area contributed by atoms with E-state index in [4.69, 9.17) is 5.73 Å². The highest BCUT2D eigenvalue weighted by Crippen LogP contribution is 2.29. The van der Waals surface area contributed by atoms with Crippen molar-refractivity contribution >= 4 is 12.0 Å². The van der Waals surface area contributed by atoms with Crippen molar-refractivity contribution in [3.63, 3.8) is 0 Å². The van der Waals surface area contributed by atoms with Crippen LogP contribution in [0.3, 0.4) is 0 Å². The fraction of sp³-hybridized carbons (Fsp3) is 0.100. The molecule has 0 spiro atoms. The number of hydrogen-bond acceptors (Lipinski definition) is 1. The normalized spacial score (nSPS) is 11.9. The Morgan fingerprint density at radius 3 is 2.13 bits per heavy atom. The molecule has 0 heterocycles. The fourth-order valence-corrected chi connectivity index (χ4v) is 0.962. The highest BCUT2D eigenvalue weighted by Gasteiger charge is 2.29. The van der Waals surface area contributed by atoms with Crippen molar-refractivity contribution in [3.05, 3.63) is 41.5 Å². The van der Waals surface area contributed by atoms with Crippen LogP contribution < -0.4 is 5.73 Å². The van der Waals surface area contributed by atoms with Crippen molar-refractivity contribution in [2.24, 2.45) is 5.73 Å². The Labute approximate surface area is 84.2 Å². The van der Waals surface area contributed by atoms with Gasteiger partial charge in [0.2, 0.25) is 5.91 Å². The van der Waals surface area contributed by atoms with Gasteiger partial charge in [-0.1, -0.05) is 12.1 Å². The number of alkyl halides is 3. The fourth-order valence-electron chi connectivity index (χ4n) is 0.962. The summed E-state index contributed by atoms with van der Waals surface area (Å²) < 4.78 is 36.4. The first-order chi connectivity index (χ1) is 6.89. The number of carbonyl (C=O) groups is 1. The molecule has 80 valence electrons. The third-order valence-electron chi connectivity index (χ3n) is 1.68. The molecule has 15 heavy (non-hydrogen) atoms. The van der Waals surface area contributed by atoms with Gasteiger partial charge in [-0.2, -0.15) is 13.2 Å². The molecule has 5 heteroatoms. The highest BCUT2D eigenvalue weighted by atomic mass is 19.4. The van der Waals surface area contributed by atoms with Gasteiger partial charge in [0.15, 0.2) is 0 Å². The number of hydrogen-bond donors (Lipinski definition) is 1. The van der Waals surface area contributed by atoms with Crippen LogP contribution in [0.25, 0.3) is 6.08 Å². The standard InChI is InChI=1S/C10H8F3NO/c11-10(12,13)8-4-1-7(2-5-8)3-6-9(14)15/h1-6H,(H2,14,15)/b6-3-. The Kier molecular flexibility index (Phi) is 3.14. The van der Waals surface area contributed by atoms with Crippen molar-refractivity contribution < 1.29 is 18.0 Å². The molecular weight excluding hydrogens is 207 g/mol. The lowest BCUT2D eigenvalue weighted by Gasteiger charge is -2.05. The Hall–Kier alpha value is -1.78. The summed E-state index contributed by atoms with van der Waals surface area (Å²) in [5.41, 5.74) is 4.60. The van der Waals surface area contributed by atoms with Gasteiger partial charge < -0.3 is 5.73 Å². The molecule has 1 amide bonds. The van der Waals surface area contributed by atoms with Crippen LogP contribution in [0.15, 0.2) is 30.3 Å². The monoisotopic (exact) mass is 215 g/mol. The van der Waals surface area contributed by atoms with Crippen LogP contribution in [-0.2, 0) is 11.0 Å².